The maximum atomic E-state index is 11.8. The lowest BCUT2D eigenvalue weighted by molar-refractivity contribution is -0.153. The largest absolute Gasteiger partial charge is 0.461 e. The highest BCUT2D eigenvalue weighted by Gasteiger charge is 2.28. The summed E-state index contributed by atoms with van der Waals surface area (Å²) in [7, 11) is 1.65. The second kappa shape index (κ2) is 7.74. The number of ether oxygens (including phenoxy) is 2. The smallest absolute Gasteiger partial charge is 0.323 e. The molecule has 4 heteroatoms. The summed E-state index contributed by atoms with van der Waals surface area (Å²) in [6.07, 6.45) is 4.66. The normalized spacial score (nSPS) is 29.9. The highest BCUT2D eigenvalue weighted by molar-refractivity contribution is 5.75. The predicted octanol–water partition coefficient (Wildman–Crippen LogP) is 2.11. The van der Waals surface area contributed by atoms with Crippen molar-refractivity contribution in [1.29, 1.82) is 0 Å². The molecule has 1 fully saturated rings. The van der Waals surface area contributed by atoms with Crippen LogP contribution >= 0.6 is 0 Å². The maximum Gasteiger partial charge on any atom is 0.323 e. The van der Waals surface area contributed by atoms with Crippen molar-refractivity contribution in [2.45, 2.75) is 58.1 Å². The van der Waals surface area contributed by atoms with Crippen molar-refractivity contribution in [3.05, 3.63) is 0 Å². The quantitative estimate of drug-likeness (QED) is 0.585. The summed E-state index contributed by atoms with van der Waals surface area (Å²) < 4.78 is 10.5. The molecule has 106 valence electrons. The third kappa shape index (κ3) is 5.36. The van der Waals surface area contributed by atoms with Gasteiger partial charge in [-0.15, -0.1) is 0 Å². The van der Waals surface area contributed by atoms with E-state index in [-0.39, 0.29) is 12.1 Å². The molecule has 0 radical (unpaired) electrons. The molecule has 1 rings (SSSR count). The number of esters is 1. The maximum absolute atomic E-state index is 11.8. The van der Waals surface area contributed by atoms with Crippen LogP contribution in [0.2, 0.25) is 0 Å². The van der Waals surface area contributed by atoms with Gasteiger partial charge >= 0.3 is 5.97 Å². The molecule has 0 saturated heterocycles. The minimum absolute atomic E-state index is 0.0599. The average Bonchev–Trinajstić information content (AvgIpc) is 2.27. The van der Waals surface area contributed by atoms with Gasteiger partial charge in [-0.2, -0.15) is 0 Å². The molecule has 0 aliphatic heterocycles. The van der Waals surface area contributed by atoms with Crippen LogP contribution in [0.3, 0.4) is 0 Å². The number of rotatable bonds is 6. The Bertz CT molecular complexity index is 247. The molecule has 0 aromatic carbocycles. The fourth-order valence-corrected chi connectivity index (χ4v) is 2.79. The molecule has 3 unspecified atom stereocenters. The number of methoxy groups -OCH3 is 1. The fourth-order valence-electron chi connectivity index (χ4n) is 2.79. The molecule has 0 spiro atoms. The number of nitrogens with two attached hydrogens (primary N) is 1. The van der Waals surface area contributed by atoms with E-state index in [1.54, 1.807) is 7.11 Å². The molecule has 4 nitrogen and oxygen atoms in total. The SMILES string of the molecule is COCCCC(N)C(=O)OC1CC(C)CC(C)C1. The zero-order chi connectivity index (χ0) is 13.5. The van der Waals surface area contributed by atoms with Gasteiger partial charge < -0.3 is 15.2 Å². The molecule has 0 aromatic rings. The Morgan fingerprint density at radius 3 is 2.44 bits per heavy atom. The lowest BCUT2D eigenvalue weighted by Crippen LogP contribution is -2.37. The first kappa shape index (κ1) is 15.4. The Balaban J connectivity index is 2.29. The third-order valence-corrected chi connectivity index (χ3v) is 3.58. The molecule has 0 bridgehead atoms. The van der Waals surface area contributed by atoms with Crippen molar-refractivity contribution < 1.29 is 14.3 Å². The van der Waals surface area contributed by atoms with E-state index < -0.39 is 6.04 Å². The number of hydrogen-bond acceptors (Lipinski definition) is 4. The van der Waals surface area contributed by atoms with Gasteiger partial charge in [0.1, 0.15) is 12.1 Å². The van der Waals surface area contributed by atoms with E-state index in [1.807, 2.05) is 0 Å². The fraction of sp³-hybridized carbons (Fsp3) is 0.929. The molecular formula is C14H27NO3. The first-order valence-electron chi connectivity index (χ1n) is 6.98. The lowest BCUT2D eigenvalue weighted by Gasteiger charge is -2.31. The summed E-state index contributed by atoms with van der Waals surface area (Å²) >= 11 is 0. The molecule has 1 aliphatic rings. The van der Waals surface area contributed by atoms with E-state index in [9.17, 15) is 4.79 Å². The molecule has 0 aromatic heterocycles. The topological polar surface area (TPSA) is 61.5 Å². The van der Waals surface area contributed by atoms with Crippen LogP contribution in [0.1, 0.15) is 46.0 Å². The van der Waals surface area contributed by atoms with Crippen LogP contribution in [0.15, 0.2) is 0 Å². The predicted molar refractivity (Wildman–Crippen MR) is 71.1 cm³/mol. The lowest BCUT2D eigenvalue weighted by atomic mass is 9.82. The van der Waals surface area contributed by atoms with Crippen molar-refractivity contribution in [1.82, 2.24) is 0 Å². The zero-order valence-electron chi connectivity index (χ0n) is 11.9. The van der Waals surface area contributed by atoms with E-state index >= 15 is 0 Å². The van der Waals surface area contributed by atoms with E-state index in [2.05, 4.69) is 13.8 Å². The number of hydrogen-bond donors (Lipinski definition) is 1. The van der Waals surface area contributed by atoms with Crippen LogP contribution < -0.4 is 5.73 Å². The molecule has 3 atom stereocenters. The number of carbonyl (C=O) groups excluding carboxylic acids is 1. The molecule has 0 amide bonds. The van der Waals surface area contributed by atoms with Gasteiger partial charge in [-0.1, -0.05) is 13.8 Å². The molecule has 1 aliphatic carbocycles. The van der Waals surface area contributed by atoms with Crippen molar-refractivity contribution in [2.75, 3.05) is 13.7 Å². The van der Waals surface area contributed by atoms with E-state index in [4.69, 9.17) is 15.2 Å². The van der Waals surface area contributed by atoms with Gasteiger partial charge in [-0.05, 0) is 43.9 Å². The summed E-state index contributed by atoms with van der Waals surface area (Å²) in [6.45, 7) is 5.07. The summed E-state index contributed by atoms with van der Waals surface area (Å²) in [5.41, 5.74) is 5.81. The Labute approximate surface area is 110 Å². The third-order valence-electron chi connectivity index (χ3n) is 3.58. The molecule has 1 saturated carbocycles. The average molecular weight is 257 g/mol. The highest BCUT2D eigenvalue weighted by atomic mass is 16.5. The first-order valence-corrected chi connectivity index (χ1v) is 6.98. The van der Waals surface area contributed by atoms with Gasteiger partial charge in [0.25, 0.3) is 0 Å². The van der Waals surface area contributed by atoms with Gasteiger partial charge in [0.2, 0.25) is 0 Å². The minimum atomic E-state index is -0.507. The van der Waals surface area contributed by atoms with Crippen LogP contribution in [0, 0.1) is 11.8 Å². The van der Waals surface area contributed by atoms with Crippen LogP contribution in [0.25, 0.3) is 0 Å². The van der Waals surface area contributed by atoms with Crippen molar-refractivity contribution in [3.8, 4) is 0 Å². The van der Waals surface area contributed by atoms with Crippen LogP contribution in [-0.4, -0.2) is 31.8 Å². The summed E-state index contributed by atoms with van der Waals surface area (Å²) in [4.78, 5) is 11.8. The Kier molecular flexibility index (Phi) is 6.65. The van der Waals surface area contributed by atoms with E-state index in [0.717, 1.165) is 19.3 Å². The van der Waals surface area contributed by atoms with Gasteiger partial charge in [-0.3, -0.25) is 4.79 Å². The molecular weight excluding hydrogens is 230 g/mol. The first-order chi connectivity index (χ1) is 8.52. The molecule has 18 heavy (non-hydrogen) atoms. The second-order valence-corrected chi connectivity index (χ2v) is 5.72. The van der Waals surface area contributed by atoms with Gasteiger partial charge in [-0.25, -0.2) is 0 Å². The zero-order valence-corrected chi connectivity index (χ0v) is 11.9. The van der Waals surface area contributed by atoms with Crippen molar-refractivity contribution >= 4 is 5.97 Å². The Morgan fingerprint density at radius 1 is 1.28 bits per heavy atom. The highest BCUT2D eigenvalue weighted by Crippen LogP contribution is 2.30. The monoisotopic (exact) mass is 257 g/mol. The van der Waals surface area contributed by atoms with Crippen molar-refractivity contribution in [3.63, 3.8) is 0 Å². The van der Waals surface area contributed by atoms with Crippen molar-refractivity contribution in [2.24, 2.45) is 17.6 Å². The summed E-state index contributed by atoms with van der Waals surface area (Å²) in [6, 6.07) is -0.507. The number of carbonyl (C=O) groups is 1. The van der Waals surface area contributed by atoms with Crippen LogP contribution in [0.5, 0.6) is 0 Å². The van der Waals surface area contributed by atoms with Gasteiger partial charge in [0.15, 0.2) is 0 Å². The minimum Gasteiger partial charge on any atom is -0.461 e. The summed E-state index contributed by atoms with van der Waals surface area (Å²) in [5, 5.41) is 0. The summed E-state index contributed by atoms with van der Waals surface area (Å²) in [5.74, 6) is 1.02. The van der Waals surface area contributed by atoms with E-state index in [1.165, 1.54) is 6.42 Å². The second-order valence-electron chi connectivity index (χ2n) is 5.72. The van der Waals surface area contributed by atoms with Gasteiger partial charge in [0.05, 0.1) is 0 Å². The Hall–Kier alpha value is -0.610. The Morgan fingerprint density at radius 2 is 1.89 bits per heavy atom. The molecule has 2 N–H and O–H groups in total. The van der Waals surface area contributed by atoms with Gasteiger partial charge in [0, 0.05) is 13.7 Å². The van der Waals surface area contributed by atoms with E-state index in [0.29, 0.717) is 24.9 Å². The van der Waals surface area contributed by atoms with Crippen LogP contribution in [0.4, 0.5) is 0 Å². The standard InChI is InChI=1S/C14H27NO3/c1-10-7-11(2)9-12(8-10)18-14(16)13(15)5-4-6-17-3/h10-13H,4-9,15H2,1-3H3. The van der Waals surface area contributed by atoms with Crippen LogP contribution in [-0.2, 0) is 14.3 Å². The molecule has 0 heterocycles.